The molecule has 6 heteroatoms. The maximum Gasteiger partial charge on any atom is 0.152 e. The molecule has 3 aromatic rings. The van der Waals surface area contributed by atoms with Crippen molar-refractivity contribution in [3.8, 4) is 11.3 Å². The Labute approximate surface area is 152 Å². The summed E-state index contributed by atoms with van der Waals surface area (Å²) in [4.78, 5) is 27.8. The first-order chi connectivity index (χ1) is 12.7. The SMILES string of the molecule is Cn1cncc1-c1cnc2cnc(CC(=O)CN3CCCCC3)cc2c1. The van der Waals surface area contributed by atoms with Gasteiger partial charge in [0.2, 0.25) is 0 Å². The lowest BCUT2D eigenvalue weighted by Crippen LogP contribution is -2.35. The van der Waals surface area contributed by atoms with Crippen LogP contribution in [0.5, 0.6) is 0 Å². The zero-order chi connectivity index (χ0) is 17.9. The number of ketones is 1. The molecule has 26 heavy (non-hydrogen) atoms. The monoisotopic (exact) mass is 349 g/mol. The van der Waals surface area contributed by atoms with Crippen molar-refractivity contribution in [3.63, 3.8) is 0 Å². The van der Waals surface area contributed by atoms with E-state index < -0.39 is 0 Å². The van der Waals surface area contributed by atoms with Crippen LogP contribution >= 0.6 is 0 Å². The molecule has 6 nitrogen and oxygen atoms in total. The highest BCUT2D eigenvalue weighted by molar-refractivity contribution is 5.86. The lowest BCUT2D eigenvalue weighted by atomic mass is 10.1. The zero-order valence-electron chi connectivity index (χ0n) is 15.1. The third-order valence-corrected chi connectivity index (χ3v) is 4.96. The van der Waals surface area contributed by atoms with Crippen molar-refractivity contribution in [2.24, 2.45) is 7.05 Å². The van der Waals surface area contributed by atoms with E-state index in [0.717, 1.165) is 40.9 Å². The number of imidazole rings is 1. The van der Waals surface area contributed by atoms with Gasteiger partial charge in [-0.05, 0) is 38.1 Å². The minimum atomic E-state index is 0.231. The van der Waals surface area contributed by atoms with Crippen LogP contribution in [0.4, 0.5) is 0 Å². The second-order valence-electron chi connectivity index (χ2n) is 7.03. The minimum Gasteiger partial charge on any atom is -0.334 e. The van der Waals surface area contributed by atoms with Crippen LogP contribution in [0.25, 0.3) is 22.2 Å². The van der Waals surface area contributed by atoms with E-state index in [2.05, 4.69) is 25.9 Å². The second kappa shape index (κ2) is 7.33. The molecule has 1 aliphatic rings. The molecule has 4 heterocycles. The molecular formula is C20H23N5O. The molecule has 3 aromatic heterocycles. The van der Waals surface area contributed by atoms with Crippen LogP contribution in [-0.4, -0.2) is 49.8 Å². The Kier molecular flexibility index (Phi) is 4.75. The summed E-state index contributed by atoms with van der Waals surface area (Å²) >= 11 is 0. The summed E-state index contributed by atoms with van der Waals surface area (Å²) in [5.74, 6) is 0.231. The van der Waals surface area contributed by atoms with Crippen molar-refractivity contribution < 1.29 is 4.79 Å². The number of carbonyl (C=O) groups excluding carboxylic acids is 1. The van der Waals surface area contributed by atoms with E-state index in [1.807, 2.05) is 30.1 Å². The van der Waals surface area contributed by atoms with Crippen molar-refractivity contribution in [3.05, 3.63) is 42.7 Å². The van der Waals surface area contributed by atoms with Crippen molar-refractivity contribution in [2.75, 3.05) is 19.6 Å². The first kappa shape index (κ1) is 16.8. The molecule has 134 valence electrons. The number of Topliss-reactive ketones (excluding diaryl/α,β-unsaturated/α-hetero) is 1. The van der Waals surface area contributed by atoms with Crippen LogP contribution in [0.2, 0.25) is 0 Å². The normalized spacial score (nSPS) is 15.4. The number of nitrogens with zero attached hydrogens (tertiary/aromatic N) is 5. The highest BCUT2D eigenvalue weighted by Crippen LogP contribution is 2.22. The topological polar surface area (TPSA) is 63.9 Å². The van der Waals surface area contributed by atoms with E-state index >= 15 is 0 Å². The van der Waals surface area contributed by atoms with Crippen molar-refractivity contribution in [2.45, 2.75) is 25.7 Å². The standard InChI is InChI=1S/C20H23N5O/c1-24-14-21-12-20(24)16-7-15-8-17(22-11-19(15)23-10-16)9-18(26)13-25-5-3-2-4-6-25/h7-8,10-12,14H,2-6,9,13H2,1H3. The van der Waals surface area contributed by atoms with E-state index in [0.29, 0.717) is 13.0 Å². The van der Waals surface area contributed by atoms with Crippen molar-refractivity contribution >= 4 is 16.7 Å². The van der Waals surface area contributed by atoms with Gasteiger partial charge in [0.1, 0.15) is 0 Å². The van der Waals surface area contributed by atoms with Gasteiger partial charge in [0.25, 0.3) is 0 Å². The lowest BCUT2D eigenvalue weighted by molar-refractivity contribution is -0.119. The number of likely N-dealkylation sites (tertiary alicyclic amines) is 1. The first-order valence-electron chi connectivity index (χ1n) is 9.14. The smallest absolute Gasteiger partial charge is 0.152 e. The summed E-state index contributed by atoms with van der Waals surface area (Å²) in [5.41, 5.74) is 3.67. The van der Waals surface area contributed by atoms with Gasteiger partial charge in [0.05, 0.1) is 42.9 Å². The number of hydrogen-bond donors (Lipinski definition) is 0. The minimum absolute atomic E-state index is 0.231. The Hall–Kier alpha value is -2.60. The Morgan fingerprint density at radius 3 is 2.69 bits per heavy atom. The van der Waals surface area contributed by atoms with Crippen LogP contribution in [-0.2, 0) is 18.3 Å². The average molecular weight is 349 g/mol. The molecular weight excluding hydrogens is 326 g/mol. The number of aromatic nitrogens is 4. The highest BCUT2D eigenvalue weighted by Gasteiger charge is 2.15. The largest absolute Gasteiger partial charge is 0.334 e. The van der Waals surface area contributed by atoms with Crippen LogP contribution in [0.1, 0.15) is 25.0 Å². The molecule has 4 rings (SSSR count). The predicted octanol–water partition coefficient (Wildman–Crippen LogP) is 2.63. The predicted molar refractivity (Wildman–Crippen MR) is 101 cm³/mol. The van der Waals surface area contributed by atoms with Gasteiger partial charge in [-0.2, -0.15) is 0 Å². The van der Waals surface area contributed by atoms with Gasteiger partial charge in [-0.3, -0.25) is 19.7 Å². The summed E-state index contributed by atoms with van der Waals surface area (Å²) in [6.45, 7) is 2.61. The molecule has 0 atom stereocenters. The number of carbonyl (C=O) groups is 1. The number of fused-ring (bicyclic) bond motifs is 1. The first-order valence-corrected chi connectivity index (χ1v) is 9.14. The molecule has 0 aliphatic carbocycles. The van der Waals surface area contributed by atoms with E-state index in [9.17, 15) is 4.79 Å². The van der Waals surface area contributed by atoms with Crippen molar-refractivity contribution in [1.29, 1.82) is 0 Å². The van der Waals surface area contributed by atoms with Crippen molar-refractivity contribution in [1.82, 2.24) is 24.4 Å². The molecule has 1 aliphatic heterocycles. The zero-order valence-corrected chi connectivity index (χ0v) is 15.1. The number of piperidine rings is 1. The van der Waals surface area contributed by atoms with E-state index in [1.54, 1.807) is 12.5 Å². The average Bonchev–Trinajstić information content (AvgIpc) is 3.08. The fourth-order valence-electron chi connectivity index (χ4n) is 3.57. The highest BCUT2D eigenvalue weighted by atomic mass is 16.1. The number of aryl methyl sites for hydroxylation is 1. The van der Waals surface area contributed by atoms with E-state index in [1.165, 1.54) is 19.3 Å². The summed E-state index contributed by atoms with van der Waals surface area (Å²) in [6, 6.07) is 4.07. The number of pyridine rings is 2. The van der Waals surface area contributed by atoms with Gasteiger partial charge in [0, 0.05) is 29.9 Å². The lowest BCUT2D eigenvalue weighted by Gasteiger charge is -2.25. The van der Waals surface area contributed by atoms with Gasteiger partial charge in [0.15, 0.2) is 5.78 Å². The van der Waals surface area contributed by atoms with Gasteiger partial charge >= 0.3 is 0 Å². The fraction of sp³-hybridized carbons (Fsp3) is 0.400. The molecule has 1 saturated heterocycles. The molecule has 0 spiro atoms. The van der Waals surface area contributed by atoms with Crippen LogP contribution in [0, 0.1) is 0 Å². The molecule has 1 fully saturated rings. The van der Waals surface area contributed by atoms with Crippen LogP contribution < -0.4 is 0 Å². The summed E-state index contributed by atoms with van der Waals surface area (Å²) < 4.78 is 1.97. The molecule has 0 aromatic carbocycles. The van der Waals surface area contributed by atoms with Gasteiger partial charge < -0.3 is 4.57 Å². The maximum atomic E-state index is 12.4. The van der Waals surface area contributed by atoms with Gasteiger partial charge in [-0.1, -0.05) is 6.42 Å². The Morgan fingerprint density at radius 1 is 1.08 bits per heavy atom. The summed E-state index contributed by atoms with van der Waals surface area (Å²) in [7, 11) is 1.96. The summed E-state index contributed by atoms with van der Waals surface area (Å²) in [5, 5.41) is 1.000. The molecule has 0 N–H and O–H groups in total. The van der Waals surface area contributed by atoms with Crippen LogP contribution in [0.15, 0.2) is 37.1 Å². The molecule has 0 bridgehead atoms. The summed E-state index contributed by atoms with van der Waals surface area (Å²) in [6.07, 6.45) is 11.2. The van der Waals surface area contributed by atoms with E-state index in [4.69, 9.17) is 0 Å². The molecule has 0 radical (unpaired) electrons. The van der Waals surface area contributed by atoms with Gasteiger partial charge in [-0.15, -0.1) is 0 Å². The Bertz CT molecular complexity index is 927. The number of hydrogen-bond acceptors (Lipinski definition) is 5. The molecule has 0 saturated carbocycles. The third-order valence-electron chi connectivity index (χ3n) is 4.96. The van der Waals surface area contributed by atoms with Gasteiger partial charge in [-0.25, -0.2) is 4.98 Å². The quantitative estimate of drug-likeness (QED) is 0.708. The third kappa shape index (κ3) is 3.65. The van der Waals surface area contributed by atoms with E-state index in [-0.39, 0.29) is 5.78 Å². The maximum absolute atomic E-state index is 12.4. The molecule has 0 amide bonds. The Morgan fingerprint density at radius 2 is 1.92 bits per heavy atom. The Balaban J connectivity index is 1.52. The number of rotatable bonds is 5. The fourth-order valence-corrected chi connectivity index (χ4v) is 3.57. The molecule has 0 unspecified atom stereocenters. The second-order valence-corrected chi connectivity index (χ2v) is 7.03. The van der Waals surface area contributed by atoms with Crippen LogP contribution in [0.3, 0.4) is 0 Å².